The van der Waals surface area contributed by atoms with Crippen LogP contribution in [0.15, 0.2) is 41.7 Å². The molecule has 0 fully saturated rings. The van der Waals surface area contributed by atoms with Gasteiger partial charge in [0.05, 0.1) is 17.6 Å². The lowest BCUT2D eigenvalue weighted by Gasteiger charge is -2.09. The van der Waals surface area contributed by atoms with Crippen LogP contribution in [0.2, 0.25) is 0 Å². The first-order chi connectivity index (χ1) is 9.88. The van der Waals surface area contributed by atoms with Crippen molar-refractivity contribution in [3.05, 3.63) is 52.8 Å². The van der Waals surface area contributed by atoms with Crippen molar-refractivity contribution in [3.8, 4) is 5.69 Å². The third kappa shape index (κ3) is 2.18. The Labute approximate surface area is 116 Å². The maximum Gasteiger partial charge on any atom is 0.416 e. The minimum atomic E-state index is -4.41. The Bertz CT molecular complexity index is 862. The van der Waals surface area contributed by atoms with Crippen molar-refractivity contribution in [2.45, 2.75) is 6.18 Å². The van der Waals surface area contributed by atoms with Crippen LogP contribution in [0.1, 0.15) is 5.56 Å². The molecule has 0 saturated heterocycles. The van der Waals surface area contributed by atoms with Crippen LogP contribution in [0.3, 0.4) is 0 Å². The average molecular weight is 294 g/mol. The van der Waals surface area contributed by atoms with Gasteiger partial charge in [0.25, 0.3) is 5.56 Å². The predicted octanol–water partition coefficient (Wildman–Crippen LogP) is 2.14. The monoisotopic (exact) mass is 294 g/mol. The van der Waals surface area contributed by atoms with Crippen molar-refractivity contribution < 1.29 is 13.2 Å². The van der Waals surface area contributed by atoms with Gasteiger partial charge in [-0.05, 0) is 24.3 Å². The SMILES string of the molecule is Cn1cnc2c(=O)n(-c3ccc(C(F)(F)F)cc3)cnc21. The first-order valence-corrected chi connectivity index (χ1v) is 5.94. The van der Waals surface area contributed by atoms with Gasteiger partial charge in [-0.1, -0.05) is 0 Å². The van der Waals surface area contributed by atoms with Gasteiger partial charge in [-0.25, -0.2) is 9.97 Å². The number of hydrogen-bond donors (Lipinski definition) is 0. The van der Waals surface area contributed by atoms with Gasteiger partial charge in [0.2, 0.25) is 0 Å². The van der Waals surface area contributed by atoms with Crippen molar-refractivity contribution in [3.63, 3.8) is 0 Å². The van der Waals surface area contributed by atoms with E-state index in [0.717, 1.165) is 16.7 Å². The lowest BCUT2D eigenvalue weighted by molar-refractivity contribution is -0.137. The number of fused-ring (bicyclic) bond motifs is 1. The molecule has 0 amide bonds. The van der Waals surface area contributed by atoms with Crippen LogP contribution in [0.5, 0.6) is 0 Å². The van der Waals surface area contributed by atoms with Gasteiger partial charge in [0.1, 0.15) is 6.33 Å². The number of alkyl halides is 3. The number of halogens is 3. The van der Waals surface area contributed by atoms with Crippen molar-refractivity contribution in [2.24, 2.45) is 7.05 Å². The van der Waals surface area contributed by atoms with E-state index in [4.69, 9.17) is 0 Å². The summed E-state index contributed by atoms with van der Waals surface area (Å²) in [5, 5.41) is 0. The molecule has 2 heterocycles. The fraction of sp³-hybridized carbons (Fsp3) is 0.154. The van der Waals surface area contributed by atoms with Crippen LogP contribution in [0.25, 0.3) is 16.9 Å². The van der Waals surface area contributed by atoms with Gasteiger partial charge in [0, 0.05) is 7.05 Å². The maximum atomic E-state index is 12.5. The van der Waals surface area contributed by atoms with E-state index in [0.29, 0.717) is 11.3 Å². The third-order valence-corrected chi connectivity index (χ3v) is 3.10. The second kappa shape index (κ2) is 4.44. The molecule has 21 heavy (non-hydrogen) atoms. The largest absolute Gasteiger partial charge is 0.416 e. The van der Waals surface area contributed by atoms with Gasteiger partial charge in [0.15, 0.2) is 11.2 Å². The highest BCUT2D eigenvalue weighted by Crippen LogP contribution is 2.29. The molecule has 0 saturated carbocycles. The summed E-state index contributed by atoms with van der Waals surface area (Å²) < 4.78 is 40.3. The lowest BCUT2D eigenvalue weighted by Crippen LogP contribution is -2.19. The van der Waals surface area contributed by atoms with Crippen LogP contribution in [-0.4, -0.2) is 19.1 Å². The van der Waals surface area contributed by atoms with E-state index < -0.39 is 17.3 Å². The smallest absolute Gasteiger partial charge is 0.318 e. The van der Waals surface area contributed by atoms with E-state index in [-0.39, 0.29) is 5.52 Å². The average Bonchev–Trinajstić information content (AvgIpc) is 2.81. The quantitative estimate of drug-likeness (QED) is 0.691. The summed E-state index contributed by atoms with van der Waals surface area (Å²) in [5.41, 5.74) is -0.317. The molecule has 8 heteroatoms. The van der Waals surface area contributed by atoms with Gasteiger partial charge in [-0.15, -0.1) is 0 Å². The molecule has 0 bridgehead atoms. The Morgan fingerprint density at radius 2 is 1.71 bits per heavy atom. The van der Waals surface area contributed by atoms with Crippen LogP contribution in [-0.2, 0) is 13.2 Å². The van der Waals surface area contributed by atoms with Gasteiger partial charge in [-0.3, -0.25) is 9.36 Å². The molecule has 0 spiro atoms. The highest BCUT2D eigenvalue weighted by molar-refractivity contribution is 5.69. The summed E-state index contributed by atoms with van der Waals surface area (Å²) in [7, 11) is 1.70. The Balaban J connectivity index is 2.13. The van der Waals surface area contributed by atoms with E-state index in [2.05, 4.69) is 9.97 Å². The van der Waals surface area contributed by atoms with Crippen molar-refractivity contribution in [1.29, 1.82) is 0 Å². The molecule has 0 aliphatic heterocycles. The summed E-state index contributed by atoms with van der Waals surface area (Å²) in [4.78, 5) is 20.3. The summed E-state index contributed by atoms with van der Waals surface area (Å²) in [5.74, 6) is 0. The number of aromatic nitrogens is 4. The van der Waals surface area contributed by atoms with Crippen molar-refractivity contribution in [1.82, 2.24) is 19.1 Å². The fourth-order valence-electron chi connectivity index (χ4n) is 2.00. The normalized spacial score (nSPS) is 12.0. The van der Waals surface area contributed by atoms with Crippen molar-refractivity contribution >= 4 is 11.2 Å². The van der Waals surface area contributed by atoms with E-state index in [1.807, 2.05) is 0 Å². The number of rotatable bonds is 1. The molecular formula is C13H9F3N4O. The zero-order valence-electron chi connectivity index (χ0n) is 10.8. The van der Waals surface area contributed by atoms with Gasteiger partial charge >= 0.3 is 6.18 Å². The number of nitrogens with zero attached hydrogens (tertiary/aromatic N) is 4. The van der Waals surface area contributed by atoms with Gasteiger partial charge < -0.3 is 4.57 Å². The Hall–Kier alpha value is -2.64. The third-order valence-electron chi connectivity index (χ3n) is 3.10. The second-order valence-electron chi connectivity index (χ2n) is 4.49. The Morgan fingerprint density at radius 3 is 2.33 bits per heavy atom. The molecule has 0 atom stereocenters. The minimum absolute atomic E-state index is 0.167. The number of hydrogen-bond acceptors (Lipinski definition) is 3. The first-order valence-electron chi connectivity index (χ1n) is 5.94. The molecule has 0 radical (unpaired) electrons. The standard InChI is InChI=1S/C13H9F3N4O/c1-19-6-17-10-11(19)18-7-20(12(10)21)9-4-2-8(3-5-9)13(14,15)16/h2-7H,1H3. The van der Waals surface area contributed by atoms with Crippen LogP contribution in [0, 0.1) is 0 Å². The van der Waals surface area contributed by atoms with Gasteiger partial charge in [-0.2, -0.15) is 13.2 Å². The highest BCUT2D eigenvalue weighted by atomic mass is 19.4. The Morgan fingerprint density at radius 1 is 1.05 bits per heavy atom. The number of imidazole rings is 1. The molecule has 0 aliphatic carbocycles. The second-order valence-corrected chi connectivity index (χ2v) is 4.49. The molecule has 108 valence electrons. The molecule has 3 rings (SSSR count). The number of benzene rings is 1. The topological polar surface area (TPSA) is 52.7 Å². The summed E-state index contributed by atoms with van der Waals surface area (Å²) in [6.07, 6.45) is -1.68. The molecule has 5 nitrogen and oxygen atoms in total. The zero-order chi connectivity index (χ0) is 15.2. The Kier molecular flexibility index (Phi) is 2.82. The molecule has 3 aromatic rings. The fourth-order valence-corrected chi connectivity index (χ4v) is 2.00. The van der Waals surface area contributed by atoms with Crippen molar-refractivity contribution in [2.75, 3.05) is 0 Å². The highest BCUT2D eigenvalue weighted by Gasteiger charge is 2.30. The van der Waals surface area contributed by atoms with Crippen LogP contribution in [0.4, 0.5) is 13.2 Å². The lowest BCUT2D eigenvalue weighted by atomic mass is 10.2. The zero-order valence-corrected chi connectivity index (χ0v) is 10.8. The van der Waals surface area contributed by atoms with Crippen LogP contribution < -0.4 is 5.56 Å². The maximum absolute atomic E-state index is 12.5. The molecule has 0 unspecified atom stereocenters. The number of aryl methyl sites for hydroxylation is 1. The first kappa shape index (κ1) is 13.3. The predicted molar refractivity (Wildman–Crippen MR) is 69.1 cm³/mol. The molecule has 0 aliphatic rings. The van der Waals surface area contributed by atoms with E-state index in [1.54, 1.807) is 11.6 Å². The molecule has 0 N–H and O–H groups in total. The summed E-state index contributed by atoms with van der Waals surface area (Å²) in [6.45, 7) is 0. The molecule has 2 aromatic heterocycles. The summed E-state index contributed by atoms with van der Waals surface area (Å²) in [6, 6.07) is 4.29. The summed E-state index contributed by atoms with van der Waals surface area (Å²) >= 11 is 0. The van der Waals surface area contributed by atoms with Crippen LogP contribution >= 0.6 is 0 Å². The van der Waals surface area contributed by atoms with E-state index >= 15 is 0 Å². The van der Waals surface area contributed by atoms with E-state index in [1.165, 1.54) is 24.8 Å². The molecular weight excluding hydrogens is 285 g/mol. The molecule has 1 aromatic carbocycles. The minimum Gasteiger partial charge on any atom is -0.318 e. The van der Waals surface area contributed by atoms with E-state index in [9.17, 15) is 18.0 Å².